The first-order valence-corrected chi connectivity index (χ1v) is 8.07. The number of likely N-dealkylation sites (N-methyl/N-ethyl adjacent to an activating group) is 1. The van der Waals surface area contributed by atoms with E-state index in [0.29, 0.717) is 12.6 Å². The molecule has 0 atom stereocenters. The highest BCUT2D eigenvalue weighted by Gasteiger charge is 2.27. The predicted octanol–water partition coefficient (Wildman–Crippen LogP) is 1.42. The van der Waals surface area contributed by atoms with Crippen LogP contribution in [-0.4, -0.2) is 66.3 Å². The number of rotatable bonds is 4. The van der Waals surface area contributed by atoms with E-state index >= 15 is 0 Å². The molecule has 2 N–H and O–H groups in total. The second-order valence-electron chi connectivity index (χ2n) is 6.20. The van der Waals surface area contributed by atoms with Gasteiger partial charge in [0, 0.05) is 38.8 Å². The van der Waals surface area contributed by atoms with Crippen molar-refractivity contribution in [3.63, 3.8) is 0 Å². The molecular weight excluding hydrogens is 254 g/mol. The van der Waals surface area contributed by atoms with Gasteiger partial charge >= 0.3 is 6.03 Å². The van der Waals surface area contributed by atoms with E-state index in [0.717, 1.165) is 32.0 Å². The summed E-state index contributed by atoms with van der Waals surface area (Å²) in [6.07, 6.45) is 8.98. The van der Waals surface area contributed by atoms with E-state index in [4.69, 9.17) is 5.11 Å². The Morgan fingerprint density at radius 2 is 1.85 bits per heavy atom. The standard InChI is InChI=1S/C15H29N3O2/c1-17(11-12-19)15(20)16-13-7-9-18(10-8-13)14-5-3-2-4-6-14/h13-14,19H,2-12H2,1H3,(H,16,20). The Hall–Kier alpha value is -0.810. The fourth-order valence-electron chi connectivity index (χ4n) is 3.39. The zero-order chi connectivity index (χ0) is 14.4. The van der Waals surface area contributed by atoms with Crippen LogP contribution in [0.5, 0.6) is 0 Å². The van der Waals surface area contributed by atoms with Crippen molar-refractivity contribution in [2.45, 2.75) is 57.0 Å². The van der Waals surface area contributed by atoms with Crippen LogP contribution in [0.3, 0.4) is 0 Å². The quantitative estimate of drug-likeness (QED) is 0.820. The Bertz CT molecular complexity index is 297. The Morgan fingerprint density at radius 1 is 1.20 bits per heavy atom. The minimum Gasteiger partial charge on any atom is -0.395 e. The summed E-state index contributed by atoms with van der Waals surface area (Å²) in [4.78, 5) is 16.0. The first-order valence-electron chi connectivity index (χ1n) is 8.07. The van der Waals surface area contributed by atoms with Crippen LogP contribution < -0.4 is 5.32 Å². The van der Waals surface area contributed by atoms with E-state index in [9.17, 15) is 4.79 Å². The van der Waals surface area contributed by atoms with Gasteiger partial charge < -0.3 is 20.2 Å². The highest BCUT2D eigenvalue weighted by molar-refractivity contribution is 5.74. The maximum Gasteiger partial charge on any atom is 0.317 e. The second kappa shape index (κ2) is 7.84. The van der Waals surface area contributed by atoms with Crippen LogP contribution in [0.25, 0.3) is 0 Å². The molecule has 0 aromatic carbocycles. The Labute approximate surface area is 122 Å². The van der Waals surface area contributed by atoms with Gasteiger partial charge in [0.2, 0.25) is 0 Å². The number of hydrogen-bond acceptors (Lipinski definition) is 3. The predicted molar refractivity (Wildman–Crippen MR) is 79.7 cm³/mol. The number of carbonyl (C=O) groups excluding carboxylic acids is 1. The number of aliphatic hydroxyl groups excluding tert-OH is 1. The average Bonchev–Trinajstić information content (AvgIpc) is 2.49. The molecule has 0 aromatic rings. The molecule has 5 nitrogen and oxygen atoms in total. The lowest BCUT2D eigenvalue weighted by molar-refractivity contribution is 0.114. The molecule has 2 fully saturated rings. The van der Waals surface area contributed by atoms with Gasteiger partial charge in [0.1, 0.15) is 0 Å². The van der Waals surface area contributed by atoms with Crippen molar-refractivity contribution in [1.82, 2.24) is 15.1 Å². The maximum atomic E-state index is 11.9. The number of hydrogen-bond donors (Lipinski definition) is 2. The Balaban J connectivity index is 1.69. The number of nitrogens with zero attached hydrogens (tertiary/aromatic N) is 2. The number of nitrogens with one attached hydrogen (secondary N) is 1. The van der Waals surface area contributed by atoms with Gasteiger partial charge in [-0.15, -0.1) is 0 Å². The van der Waals surface area contributed by atoms with Gasteiger partial charge in [-0.3, -0.25) is 0 Å². The topological polar surface area (TPSA) is 55.8 Å². The number of amides is 2. The van der Waals surface area contributed by atoms with Crippen molar-refractivity contribution >= 4 is 6.03 Å². The van der Waals surface area contributed by atoms with Crippen molar-refractivity contribution < 1.29 is 9.90 Å². The first kappa shape index (κ1) is 15.6. The van der Waals surface area contributed by atoms with Crippen LogP contribution in [-0.2, 0) is 0 Å². The number of piperidine rings is 1. The number of carbonyl (C=O) groups is 1. The molecule has 0 radical (unpaired) electrons. The number of urea groups is 1. The molecule has 20 heavy (non-hydrogen) atoms. The van der Waals surface area contributed by atoms with Crippen LogP contribution in [0.15, 0.2) is 0 Å². The largest absolute Gasteiger partial charge is 0.395 e. The van der Waals surface area contributed by atoms with Gasteiger partial charge in [0.05, 0.1) is 6.61 Å². The first-order chi connectivity index (χ1) is 9.70. The normalized spacial score (nSPS) is 22.7. The Morgan fingerprint density at radius 3 is 2.45 bits per heavy atom. The molecule has 0 spiro atoms. The third-order valence-electron chi connectivity index (χ3n) is 4.73. The summed E-state index contributed by atoms with van der Waals surface area (Å²) < 4.78 is 0. The molecule has 1 heterocycles. The van der Waals surface area contributed by atoms with Crippen LogP contribution in [0.4, 0.5) is 4.79 Å². The fourth-order valence-corrected chi connectivity index (χ4v) is 3.39. The molecule has 116 valence electrons. The summed E-state index contributed by atoms with van der Waals surface area (Å²) in [6, 6.07) is 1.02. The summed E-state index contributed by atoms with van der Waals surface area (Å²) in [7, 11) is 1.72. The van der Waals surface area contributed by atoms with E-state index in [1.54, 1.807) is 11.9 Å². The average molecular weight is 283 g/mol. The molecule has 5 heteroatoms. The van der Waals surface area contributed by atoms with Crippen LogP contribution in [0, 0.1) is 0 Å². The lowest BCUT2D eigenvalue weighted by Gasteiger charge is -2.39. The number of aliphatic hydroxyl groups is 1. The van der Waals surface area contributed by atoms with Crippen molar-refractivity contribution in [2.75, 3.05) is 33.3 Å². The van der Waals surface area contributed by atoms with Crippen molar-refractivity contribution in [3.05, 3.63) is 0 Å². The minimum absolute atomic E-state index is 0.0179. The molecule has 1 saturated carbocycles. The molecule has 1 aliphatic heterocycles. The zero-order valence-electron chi connectivity index (χ0n) is 12.7. The van der Waals surface area contributed by atoms with E-state index in [-0.39, 0.29) is 12.6 Å². The van der Waals surface area contributed by atoms with Crippen molar-refractivity contribution in [3.8, 4) is 0 Å². The van der Waals surface area contributed by atoms with Crippen LogP contribution >= 0.6 is 0 Å². The third-order valence-corrected chi connectivity index (χ3v) is 4.73. The zero-order valence-corrected chi connectivity index (χ0v) is 12.7. The van der Waals surface area contributed by atoms with Gasteiger partial charge in [-0.25, -0.2) is 4.79 Å². The van der Waals surface area contributed by atoms with Gasteiger partial charge in [-0.05, 0) is 25.7 Å². The molecular formula is C15H29N3O2. The third kappa shape index (κ3) is 4.35. The van der Waals surface area contributed by atoms with Gasteiger partial charge in [-0.1, -0.05) is 19.3 Å². The lowest BCUT2D eigenvalue weighted by atomic mass is 9.92. The number of likely N-dealkylation sites (tertiary alicyclic amines) is 1. The molecule has 0 aromatic heterocycles. The summed E-state index contributed by atoms with van der Waals surface area (Å²) in [6.45, 7) is 2.63. The highest BCUT2D eigenvalue weighted by atomic mass is 16.3. The van der Waals surface area contributed by atoms with E-state index in [1.165, 1.54) is 32.1 Å². The Kier molecular flexibility index (Phi) is 6.10. The highest BCUT2D eigenvalue weighted by Crippen LogP contribution is 2.25. The fraction of sp³-hybridized carbons (Fsp3) is 0.933. The molecule has 2 rings (SSSR count). The van der Waals surface area contributed by atoms with E-state index in [1.807, 2.05) is 0 Å². The smallest absolute Gasteiger partial charge is 0.317 e. The van der Waals surface area contributed by atoms with E-state index in [2.05, 4.69) is 10.2 Å². The summed E-state index contributed by atoms with van der Waals surface area (Å²) >= 11 is 0. The van der Waals surface area contributed by atoms with Crippen molar-refractivity contribution in [1.29, 1.82) is 0 Å². The summed E-state index contributed by atoms with van der Waals surface area (Å²) in [5, 5.41) is 11.9. The van der Waals surface area contributed by atoms with Crippen molar-refractivity contribution in [2.24, 2.45) is 0 Å². The van der Waals surface area contributed by atoms with Crippen LogP contribution in [0.2, 0.25) is 0 Å². The summed E-state index contributed by atoms with van der Waals surface area (Å²) in [5.41, 5.74) is 0. The second-order valence-corrected chi connectivity index (χ2v) is 6.20. The maximum absolute atomic E-state index is 11.9. The molecule has 0 bridgehead atoms. The molecule has 1 aliphatic carbocycles. The molecule has 1 saturated heterocycles. The molecule has 0 unspecified atom stereocenters. The SMILES string of the molecule is CN(CCO)C(=O)NC1CCN(C2CCCCC2)CC1. The monoisotopic (exact) mass is 283 g/mol. The minimum atomic E-state index is -0.0600. The molecule has 2 aliphatic rings. The van der Waals surface area contributed by atoms with Gasteiger partial charge in [0.15, 0.2) is 0 Å². The van der Waals surface area contributed by atoms with Gasteiger partial charge in [0.25, 0.3) is 0 Å². The van der Waals surface area contributed by atoms with Gasteiger partial charge in [-0.2, -0.15) is 0 Å². The lowest BCUT2D eigenvalue weighted by Crippen LogP contribution is -2.50. The van der Waals surface area contributed by atoms with E-state index < -0.39 is 0 Å². The summed E-state index contributed by atoms with van der Waals surface area (Å²) in [5.74, 6) is 0. The molecule has 2 amide bonds. The van der Waals surface area contributed by atoms with Crippen LogP contribution in [0.1, 0.15) is 44.9 Å².